The van der Waals surface area contributed by atoms with Crippen LogP contribution in [0.5, 0.6) is 0 Å². The molecule has 0 saturated carbocycles. The summed E-state index contributed by atoms with van der Waals surface area (Å²) in [6.07, 6.45) is 0.885. The highest BCUT2D eigenvalue weighted by Gasteiger charge is 2.27. The fraction of sp³-hybridized carbons (Fsp3) is 0.636. The predicted molar refractivity (Wildman–Crippen MR) is 69.0 cm³/mol. The highest BCUT2D eigenvalue weighted by molar-refractivity contribution is 7.91. The third-order valence-electron chi connectivity index (χ3n) is 3.07. The van der Waals surface area contributed by atoms with Gasteiger partial charge in [-0.25, -0.2) is 13.1 Å². The van der Waals surface area contributed by atoms with E-state index in [2.05, 4.69) is 4.72 Å². The van der Waals surface area contributed by atoms with Gasteiger partial charge in [-0.15, -0.1) is 11.3 Å². The van der Waals surface area contributed by atoms with Crippen LogP contribution in [0.1, 0.15) is 18.2 Å². The minimum atomic E-state index is -3.48. The van der Waals surface area contributed by atoms with E-state index in [4.69, 9.17) is 9.84 Å². The van der Waals surface area contributed by atoms with Gasteiger partial charge in [0.15, 0.2) is 0 Å². The second-order valence-electron chi connectivity index (χ2n) is 4.41. The molecule has 7 heteroatoms. The van der Waals surface area contributed by atoms with E-state index < -0.39 is 10.0 Å². The van der Waals surface area contributed by atoms with Crippen LogP contribution < -0.4 is 4.72 Å². The Morgan fingerprint density at radius 2 is 2.39 bits per heavy atom. The predicted octanol–water partition coefficient (Wildman–Crippen LogP) is 0.944. The molecule has 18 heavy (non-hydrogen) atoms. The molecule has 2 heterocycles. The normalized spacial score (nSPS) is 22.2. The highest BCUT2D eigenvalue weighted by Crippen LogP contribution is 2.23. The van der Waals surface area contributed by atoms with Gasteiger partial charge in [-0.1, -0.05) is 0 Å². The average molecular weight is 291 g/mol. The number of thiophene rings is 1. The number of nitrogens with one attached hydrogen (secondary N) is 1. The maximum absolute atomic E-state index is 12.1. The Bertz CT molecular complexity index is 491. The van der Waals surface area contributed by atoms with Crippen LogP contribution in [-0.2, 0) is 21.4 Å². The molecule has 0 aromatic carbocycles. The minimum Gasteiger partial charge on any atom is -0.391 e. The van der Waals surface area contributed by atoms with Crippen LogP contribution in [0, 0.1) is 5.92 Å². The van der Waals surface area contributed by atoms with Crippen molar-refractivity contribution in [3.8, 4) is 0 Å². The number of aliphatic hydroxyl groups excluding tert-OH is 1. The summed E-state index contributed by atoms with van der Waals surface area (Å²) in [4.78, 5) is 0.646. The summed E-state index contributed by atoms with van der Waals surface area (Å²) in [5, 5.41) is 8.95. The maximum atomic E-state index is 12.1. The molecule has 2 unspecified atom stereocenters. The van der Waals surface area contributed by atoms with E-state index in [0.29, 0.717) is 18.1 Å². The van der Waals surface area contributed by atoms with Gasteiger partial charge >= 0.3 is 0 Å². The second kappa shape index (κ2) is 5.66. The van der Waals surface area contributed by atoms with E-state index >= 15 is 0 Å². The summed E-state index contributed by atoms with van der Waals surface area (Å²) < 4.78 is 32.4. The van der Waals surface area contributed by atoms with Crippen LogP contribution >= 0.6 is 11.3 Å². The lowest BCUT2D eigenvalue weighted by atomic mass is 10.0. The molecule has 102 valence electrons. The topological polar surface area (TPSA) is 75.6 Å². The standard InChI is InChI=1S/C11H17NO4S2/c1-8(9-4-5-16-7-9)12-18(14,15)11-3-2-10(6-13)17-11/h2-3,8-9,12-13H,4-7H2,1H3. The van der Waals surface area contributed by atoms with Gasteiger partial charge in [-0.05, 0) is 25.5 Å². The Balaban J connectivity index is 2.06. The third kappa shape index (κ3) is 3.10. The number of ether oxygens (including phenoxy) is 1. The summed E-state index contributed by atoms with van der Waals surface area (Å²) in [5.74, 6) is 0.233. The molecule has 0 spiro atoms. The van der Waals surface area contributed by atoms with Crippen molar-refractivity contribution in [2.75, 3.05) is 13.2 Å². The Morgan fingerprint density at radius 1 is 1.61 bits per heavy atom. The van der Waals surface area contributed by atoms with Gasteiger partial charge in [0, 0.05) is 23.4 Å². The molecule has 5 nitrogen and oxygen atoms in total. The van der Waals surface area contributed by atoms with E-state index in [1.165, 1.54) is 6.07 Å². The molecule has 2 N–H and O–H groups in total. The summed E-state index contributed by atoms with van der Waals surface area (Å²) in [6, 6.07) is 3.01. The molecule has 1 saturated heterocycles. The van der Waals surface area contributed by atoms with Crippen LogP contribution in [0.3, 0.4) is 0 Å². The number of rotatable bonds is 5. The maximum Gasteiger partial charge on any atom is 0.250 e. The summed E-state index contributed by atoms with van der Waals surface area (Å²) in [5.41, 5.74) is 0. The molecule has 1 aromatic rings. The smallest absolute Gasteiger partial charge is 0.250 e. The molecule has 2 rings (SSSR count). The molecular formula is C11H17NO4S2. The van der Waals surface area contributed by atoms with Crippen molar-refractivity contribution >= 4 is 21.4 Å². The number of hydrogen-bond acceptors (Lipinski definition) is 5. The molecule has 0 aliphatic carbocycles. The van der Waals surface area contributed by atoms with Gasteiger partial charge in [0.1, 0.15) is 4.21 Å². The van der Waals surface area contributed by atoms with Gasteiger partial charge < -0.3 is 9.84 Å². The lowest BCUT2D eigenvalue weighted by Crippen LogP contribution is -2.38. The number of sulfonamides is 1. The van der Waals surface area contributed by atoms with E-state index in [1.54, 1.807) is 6.07 Å². The van der Waals surface area contributed by atoms with Crippen LogP contribution in [0.2, 0.25) is 0 Å². The summed E-state index contributed by atoms with van der Waals surface area (Å²) >= 11 is 1.09. The van der Waals surface area contributed by atoms with Crippen LogP contribution in [0.25, 0.3) is 0 Å². The van der Waals surface area contributed by atoms with E-state index in [0.717, 1.165) is 17.8 Å². The van der Waals surface area contributed by atoms with Gasteiger partial charge in [0.25, 0.3) is 0 Å². The number of aliphatic hydroxyl groups is 1. The van der Waals surface area contributed by atoms with Gasteiger partial charge in [-0.3, -0.25) is 0 Å². The molecule has 1 aliphatic rings. The molecule has 0 amide bonds. The zero-order valence-electron chi connectivity index (χ0n) is 10.1. The molecule has 0 bridgehead atoms. The fourth-order valence-corrected chi connectivity index (χ4v) is 4.48. The first-order chi connectivity index (χ1) is 8.53. The quantitative estimate of drug-likeness (QED) is 0.846. The van der Waals surface area contributed by atoms with Crippen molar-refractivity contribution < 1.29 is 18.3 Å². The van der Waals surface area contributed by atoms with E-state index in [1.807, 2.05) is 6.92 Å². The van der Waals surface area contributed by atoms with Gasteiger partial charge in [0.2, 0.25) is 10.0 Å². The Labute approximate surface area is 111 Å². The Kier molecular flexibility index (Phi) is 4.39. The second-order valence-corrected chi connectivity index (χ2v) is 7.52. The fourth-order valence-electron chi connectivity index (χ4n) is 1.93. The minimum absolute atomic E-state index is 0.133. The molecule has 1 aliphatic heterocycles. The Morgan fingerprint density at radius 3 is 2.94 bits per heavy atom. The first-order valence-electron chi connectivity index (χ1n) is 5.82. The third-order valence-corrected chi connectivity index (χ3v) is 6.19. The van der Waals surface area contributed by atoms with Crippen molar-refractivity contribution in [3.63, 3.8) is 0 Å². The van der Waals surface area contributed by atoms with Crippen molar-refractivity contribution in [3.05, 3.63) is 17.0 Å². The monoisotopic (exact) mass is 291 g/mol. The van der Waals surface area contributed by atoms with Crippen LogP contribution in [-0.4, -0.2) is 32.8 Å². The lowest BCUT2D eigenvalue weighted by molar-refractivity contribution is 0.180. The lowest BCUT2D eigenvalue weighted by Gasteiger charge is -2.18. The van der Waals surface area contributed by atoms with E-state index in [9.17, 15) is 8.42 Å². The molecule has 1 aromatic heterocycles. The highest BCUT2D eigenvalue weighted by atomic mass is 32.2. The molecular weight excluding hydrogens is 274 g/mol. The first-order valence-corrected chi connectivity index (χ1v) is 8.12. The first kappa shape index (κ1) is 14.0. The molecule has 1 fully saturated rings. The Hall–Kier alpha value is -0.470. The van der Waals surface area contributed by atoms with Crippen molar-refractivity contribution in [1.82, 2.24) is 4.72 Å². The van der Waals surface area contributed by atoms with E-state index in [-0.39, 0.29) is 22.8 Å². The van der Waals surface area contributed by atoms with Crippen molar-refractivity contribution in [1.29, 1.82) is 0 Å². The van der Waals surface area contributed by atoms with Crippen molar-refractivity contribution in [2.45, 2.75) is 30.2 Å². The van der Waals surface area contributed by atoms with Crippen LogP contribution in [0.4, 0.5) is 0 Å². The van der Waals surface area contributed by atoms with Gasteiger partial charge in [-0.2, -0.15) is 0 Å². The zero-order valence-corrected chi connectivity index (χ0v) is 11.8. The van der Waals surface area contributed by atoms with Crippen LogP contribution in [0.15, 0.2) is 16.3 Å². The number of hydrogen-bond donors (Lipinski definition) is 2. The zero-order chi connectivity index (χ0) is 13.2. The molecule has 0 radical (unpaired) electrons. The summed E-state index contributed by atoms with van der Waals surface area (Å²) in [6.45, 7) is 3.03. The van der Waals surface area contributed by atoms with Gasteiger partial charge in [0.05, 0.1) is 13.2 Å². The van der Waals surface area contributed by atoms with Crippen molar-refractivity contribution in [2.24, 2.45) is 5.92 Å². The largest absolute Gasteiger partial charge is 0.391 e. The molecule has 2 atom stereocenters. The SMILES string of the molecule is CC(NS(=O)(=O)c1ccc(CO)s1)C1CCOC1. The summed E-state index contributed by atoms with van der Waals surface area (Å²) in [7, 11) is -3.48. The average Bonchev–Trinajstić information content (AvgIpc) is 3.00.